The molecule has 0 amide bonds. The van der Waals surface area contributed by atoms with Crippen molar-refractivity contribution in [2.24, 2.45) is 0 Å². The first-order valence-corrected chi connectivity index (χ1v) is 7.71. The van der Waals surface area contributed by atoms with Gasteiger partial charge in [0.2, 0.25) is 0 Å². The third-order valence-electron chi connectivity index (χ3n) is 2.95. The summed E-state index contributed by atoms with van der Waals surface area (Å²) in [4.78, 5) is 0. The van der Waals surface area contributed by atoms with Crippen LogP contribution in [0.1, 0.15) is 24.1 Å². The average molecular weight is 377 g/mol. The van der Waals surface area contributed by atoms with E-state index in [0.717, 1.165) is 16.6 Å². The summed E-state index contributed by atoms with van der Waals surface area (Å²) >= 11 is 15.6. The molecule has 0 bridgehead atoms. The molecule has 106 valence electrons. The average Bonchev–Trinajstić information content (AvgIpc) is 2.42. The van der Waals surface area contributed by atoms with Crippen LogP contribution in [-0.4, -0.2) is 6.54 Å². The predicted octanol–water partition coefficient (Wildman–Crippen LogP) is 5.59. The van der Waals surface area contributed by atoms with Gasteiger partial charge in [-0.15, -0.1) is 0 Å². The standard InChI is InChI=1S/C15H13BrCl2FN/c1-2-20-15(9-3-5-14(18)12(16)7-9)11-8-10(19)4-6-13(11)17/h3-8,15,20H,2H2,1H3. The van der Waals surface area contributed by atoms with Crippen LogP contribution in [0.2, 0.25) is 10.0 Å². The van der Waals surface area contributed by atoms with E-state index in [-0.39, 0.29) is 11.9 Å². The third-order valence-corrected chi connectivity index (χ3v) is 4.51. The number of halogens is 4. The molecule has 0 heterocycles. The molecule has 0 aliphatic heterocycles. The Morgan fingerprint density at radius 1 is 1.15 bits per heavy atom. The molecule has 1 unspecified atom stereocenters. The molecule has 5 heteroatoms. The van der Waals surface area contributed by atoms with E-state index in [4.69, 9.17) is 23.2 Å². The Labute approximate surface area is 136 Å². The molecule has 2 rings (SSSR count). The van der Waals surface area contributed by atoms with E-state index >= 15 is 0 Å². The first-order valence-electron chi connectivity index (χ1n) is 6.16. The van der Waals surface area contributed by atoms with Gasteiger partial charge in [0.05, 0.1) is 11.1 Å². The molecule has 0 fully saturated rings. The summed E-state index contributed by atoms with van der Waals surface area (Å²) in [7, 11) is 0. The Bertz CT molecular complexity index is 619. The second-order valence-electron chi connectivity index (χ2n) is 4.33. The van der Waals surface area contributed by atoms with Crippen LogP contribution in [-0.2, 0) is 0 Å². The van der Waals surface area contributed by atoms with Crippen molar-refractivity contribution in [1.82, 2.24) is 5.32 Å². The van der Waals surface area contributed by atoms with Crippen molar-refractivity contribution in [2.45, 2.75) is 13.0 Å². The molecule has 2 aromatic rings. The SMILES string of the molecule is CCNC(c1ccc(Cl)c(Br)c1)c1cc(F)ccc1Cl. The summed E-state index contributed by atoms with van der Waals surface area (Å²) in [6.45, 7) is 2.73. The molecule has 0 radical (unpaired) electrons. The quantitative estimate of drug-likeness (QED) is 0.732. The minimum atomic E-state index is -0.305. The summed E-state index contributed by atoms with van der Waals surface area (Å²) in [5.74, 6) is -0.305. The van der Waals surface area contributed by atoms with Crippen molar-refractivity contribution in [1.29, 1.82) is 0 Å². The van der Waals surface area contributed by atoms with Crippen LogP contribution in [0.5, 0.6) is 0 Å². The van der Waals surface area contributed by atoms with Gasteiger partial charge in [0, 0.05) is 9.50 Å². The van der Waals surface area contributed by atoms with Gasteiger partial charge >= 0.3 is 0 Å². The maximum Gasteiger partial charge on any atom is 0.123 e. The van der Waals surface area contributed by atoms with Gasteiger partial charge in [0.25, 0.3) is 0 Å². The van der Waals surface area contributed by atoms with Gasteiger partial charge in [-0.25, -0.2) is 4.39 Å². The number of hydrogen-bond acceptors (Lipinski definition) is 1. The fourth-order valence-electron chi connectivity index (χ4n) is 2.04. The summed E-state index contributed by atoms with van der Waals surface area (Å²) in [6, 6.07) is 9.82. The van der Waals surface area contributed by atoms with E-state index in [1.807, 2.05) is 19.1 Å². The normalized spacial score (nSPS) is 12.4. The first kappa shape index (κ1) is 15.8. The maximum absolute atomic E-state index is 13.5. The molecule has 20 heavy (non-hydrogen) atoms. The first-order chi connectivity index (χ1) is 9.52. The zero-order valence-corrected chi connectivity index (χ0v) is 13.9. The number of nitrogens with one attached hydrogen (secondary N) is 1. The summed E-state index contributed by atoms with van der Waals surface area (Å²) in [5, 5.41) is 4.48. The molecule has 0 saturated heterocycles. The van der Waals surface area contributed by atoms with Gasteiger partial charge in [0.15, 0.2) is 0 Å². The molecular formula is C15H13BrCl2FN. The Morgan fingerprint density at radius 3 is 2.50 bits per heavy atom. The topological polar surface area (TPSA) is 12.0 Å². The molecule has 1 atom stereocenters. The van der Waals surface area contributed by atoms with E-state index in [0.29, 0.717) is 15.6 Å². The van der Waals surface area contributed by atoms with Crippen molar-refractivity contribution in [2.75, 3.05) is 6.54 Å². The highest BCUT2D eigenvalue weighted by Crippen LogP contribution is 2.32. The highest BCUT2D eigenvalue weighted by Gasteiger charge is 2.17. The van der Waals surface area contributed by atoms with Crippen molar-refractivity contribution in [3.05, 3.63) is 67.9 Å². The summed E-state index contributed by atoms with van der Waals surface area (Å²) in [6.07, 6.45) is 0. The van der Waals surface area contributed by atoms with Crippen molar-refractivity contribution in [3.8, 4) is 0 Å². The highest BCUT2D eigenvalue weighted by atomic mass is 79.9. The summed E-state index contributed by atoms with van der Waals surface area (Å²) in [5.41, 5.74) is 1.68. The van der Waals surface area contributed by atoms with Crippen LogP contribution in [0.4, 0.5) is 4.39 Å². The summed E-state index contributed by atoms with van der Waals surface area (Å²) < 4.78 is 14.3. The molecule has 0 saturated carbocycles. The van der Waals surface area contributed by atoms with Gasteiger partial charge in [-0.1, -0.05) is 36.2 Å². The maximum atomic E-state index is 13.5. The Morgan fingerprint density at radius 2 is 1.85 bits per heavy atom. The minimum absolute atomic E-state index is 0.184. The largest absolute Gasteiger partial charge is 0.306 e. The van der Waals surface area contributed by atoms with E-state index in [9.17, 15) is 4.39 Å². The number of hydrogen-bond donors (Lipinski definition) is 1. The third kappa shape index (κ3) is 3.53. The lowest BCUT2D eigenvalue weighted by atomic mass is 9.98. The molecule has 1 nitrogen and oxygen atoms in total. The predicted molar refractivity (Wildman–Crippen MR) is 86.1 cm³/mol. The molecule has 0 aliphatic carbocycles. The lowest BCUT2D eigenvalue weighted by Crippen LogP contribution is -2.22. The highest BCUT2D eigenvalue weighted by molar-refractivity contribution is 9.10. The Hall–Kier alpha value is -0.610. The van der Waals surface area contributed by atoms with Gasteiger partial charge in [-0.05, 0) is 63.9 Å². The van der Waals surface area contributed by atoms with Crippen LogP contribution in [0.25, 0.3) is 0 Å². The molecular weight excluding hydrogens is 364 g/mol. The van der Waals surface area contributed by atoms with Crippen LogP contribution in [0.3, 0.4) is 0 Å². The fraction of sp³-hybridized carbons (Fsp3) is 0.200. The van der Waals surface area contributed by atoms with Gasteiger partial charge in [0.1, 0.15) is 5.82 Å². The van der Waals surface area contributed by atoms with Crippen LogP contribution in [0, 0.1) is 5.82 Å². The molecule has 0 spiro atoms. The van der Waals surface area contributed by atoms with Gasteiger partial charge in [-0.2, -0.15) is 0 Å². The monoisotopic (exact) mass is 375 g/mol. The smallest absolute Gasteiger partial charge is 0.123 e. The fourth-order valence-corrected chi connectivity index (χ4v) is 2.78. The number of rotatable bonds is 4. The second kappa shape index (κ2) is 6.90. The minimum Gasteiger partial charge on any atom is -0.306 e. The van der Waals surface area contributed by atoms with Crippen LogP contribution < -0.4 is 5.32 Å². The Balaban J connectivity index is 2.49. The van der Waals surface area contributed by atoms with E-state index in [1.54, 1.807) is 12.1 Å². The van der Waals surface area contributed by atoms with E-state index in [2.05, 4.69) is 21.2 Å². The van der Waals surface area contributed by atoms with E-state index < -0.39 is 0 Å². The molecule has 2 aromatic carbocycles. The van der Waals surface area contributed by atoms with Crippen molar-refractivity contribution in [3.63, 3.8) is 0 Å². The zero-order valence-electron chi connectivity index (χ0n) is 10.8. The Kier molecular flexibility index (Phi) is 5.44. The van der Waals surface area contributed by atoms with Crippen LogP contribution in [0.15, 0.2) is 40.9 Å². The van der Waals surface area contributed by atoms with Gasteiger partial charge in [-0.3, -0.25) is 0 Å². The lowest BCUT2D eigenvalue weighted by Gasteiger charge is -2.20. The molecule has 0 aliphatic rings. The van der Waals surface area contributed by atoms with Gasteiger partial charge < -0.3 is 5.32 Å². The van der Waals surface area contributed by atoms with Crippen molar-refractivity contribution < 1.29 is 4.39 Å². The zero-order chi connectivity index (χ0) is 14.7. The second-order valence-corrected chi connectivity index (χ2v) is 6.00. The van der Waals surface area contributed by atoms with E-state index in [1.165, 1.54) is 12.1 Å². The van der Waals surface area contributed by atoms with Crippen molar-refractivity contribution >= 4 is 39.1 Å². The lowest BCUT2D eigenvalue weighted by molar-refractivity contribution is 0.603. The number of benzene rings is 2. The molecule has 1 N–H and O–H groups in total. The molecule has 0 aromatic heterocycles. The van der Waals surface area contributed by atoms with Crippen LogP contribution >= 0.6 is 39.1 Å².